The molecule has 1 unspecified atom stereocenters. The summed E-state index contributed by atoms with van der Waals surface area (Å²) in [5.41, 5.74) is 0. The zero-order valence-corrected chi connectivity index (χ0v) is 11.5. The Bertz CT molecular complexity index is 254. The fourth-order valence-electron chi connectivity index (χ4n) is 1.20. The Morgan fingerprint density at radius 2 is 1.82 bits per heavy atom. The van der Waals surface area contributed by atoms with Gasteiger partial charge in [0.05, 0.1) is 12.6 Å². The average Bonchev–Trinajstić information content (AvgIpc) is 2.31. The molecular weight excluding hydrogens is 218 g/mol. The zero-order chi connectivity index (χ0) is 13.4. The van der Waals surface area contributed by atoms with Crippen LogP contribution in [0.15, 0.2) is 0 Å². The number of likely N-dealkylation sites (N-methyl/N-ethyl adjacent to an activating group) is 1. The van der Waals surface area contributed by atoms with E-state index in [1.807, 2.05) is 20.8 Å². The SMILES string of the molecule is CCN(C)C(=O)C(C)NCC(=O)NCC(C)C. The Hall–Kier alpha value is -1.10. The molecule has 0 bridgehead atoms. The predicted molar refractivity (Wildman–Crippen MR) is 68.6 cm³/mol. The molecule has 0 radical (unpaired) electrons. The molecule has 0 aromatic rings. The van der Waals surface area contributed by atoms with Crippen molar-refractivity contribution in [3.8, 4) is 0 Å². The number of hydrogen-bond acceptors (Lipinski definition) is 3. The molecule has 0 saturated carbocycles. The van der Waals surface area contributed by atoms with Crippen LogP contribution in [0.25, 0.3) is 0 Å². The molecule has 0 rings (SSSR count). The van der Waals surface area contributed by atoms with Crippen molar-refractivity contribution < 1.29 is 9.59 Å². The molecule has 0 spiro atoms. The summed E-state index contributed by atoms with van der Waals surface area (Å²) < 4.78 is 0. The lowest BCUT2D eigenvalue weighted by Crippen LogP contribution is -2.46. The Morgan fingerprint density at radius 3 is 2.29 bits per heavy atom. The van der Waals surface area contributed by atoms with E-state index in [0.717, 1.165) is 0 Å². The number of hydrogen-bond donors (Lipinski definition) is 2. The molecule has 0 saturated heterocycles. The third-order valence-corrected chi connectivity index (χ3v) is 2.50. The molecule has 0 aromatic heterocycles. The van der Waals surface area contributed by atoms with E-state index in [2.05, 4.69) is 10.6 Å². The topological polar surface area (TPSA) is 61.4 Å². The number of carbonyl (C=O) groups excluding carboxylic acids is 2. The second-order valence-corrected chi connectivity index (χ2v) is 4.65. The lowest BCUT2D eigenvalue weighted by atomic mass is 10.2. The summed E-state index contributed by atoms with van der Waals surface area (Å²) in [6, 6.07) is -0.329. The zero-order valence-electron chi connectivity index (χ0n) is 11.5. The summed E-state index contributed by atoms with van der Waals surface area (Å²) >= 11 is 0. The van der Waals surface area contributed by atoms with Gasteiger partial charge in [0.1, 0.15) is 0 Å². The van der Waals surface area contributed by atoms with Crippen molar-refractivity contribution in [1.29, 1.82) is 0 Å². The quantitative estimate of drug-likeness (QED) is 0.672. The summed E-state index contributed by atoms with van der Waals surface area (Å²) in [6.07, 6.45) is 0. The maximum Gasteiger partial charge on any atom is 0.239 e. The Morgan fingerprint density at radius 1 is 1.24 bits per heavy atom. The minimum Gasteiger partial charge on any atom is -0.355 e. The predicted octanol–water partition coefficient (Wildman–Crippen LogP) is 0.215. The monoisotopic (exact) mass is 243 g/mol. The van der Waals surface area contributed by atoms with Gasteiger partial charge < -0.3 is 10.2 Å². The normalized spacial score (nSPS) is 12.4. The van der Waals surface area contributed by atoms with Gasteiger partial charge in [-0.2, -0.15) is 0 Å². The van der Waals surface area contributed by atoms with E-state index in [4.69, 9.17) is 0 Å². The van der Waals surface area contributed by atoms with Crippen LogP contribution in [-0.2, 0) is 9.59 Å². The first-order valence-electron chi connectivity index (χ1n) is 6.13. The van der Waals surface area contributed by atoms with Gasteiger partial charge in [0.25, 0.3) is 0 Å². The smallest absolute Gasteiger partial charge is 0.239 e. The standard InChI is InChI=1S/C12H25N3O2/c1-6-15(5)12(17)10(4)13-8-11(16)14-7-9(2)3/h9-10,13H,6-8H2,1-5H3,(H,14,16). The lowest BCUT2D eigenvalue weighted by molar-refractivity contribution is -0.131. The van der Waals surface area contributed by atoms with Gasteiger partial charge in [-0.15, -0.1) is 0 Å². The molecule has 100 valence electrons. The molecule has 0 aromatic carbocycles. The number of carbonyl (C=O) groups is 2. The Kier molecular flexibility index (Phi) is 7.54. The third-order valence-electron chi connectivity index (χ3n) is 2.50. The van der Waals surface area contributed by atoms with Crippen molar-refractivity contribution in [2.75, 3.05) is 26.7 Å². The molecule has 0 heterocycles. The molecule has 2 N–H and O–H groups in total. The van der Waals surface area contributed by atoms with E-state index < -0.39 is 0 Å². The first-order chi connectivity index (χ1) is 7.88. The molecule has 0 aliphatic carbocycles. The van der Waals surface area contributed by atoms with Crippen molar-refractivity contribution in [1.82, 2.24) is 15.5 Å². The van der Waals surface area contributed by atoms with E-state index >= 15 is 0 Å². The highest BCUT2D eigenvalue weighted by molar-refractivity contribution is 5.83. The number of nitrogens with one attached hydrogen (secondary N) is 2. The van der Waals surface area contributed by atoms with E-state index in [1.165, 1.54) is 0 Å². The summed E-state index contributed by atoms with van der Waals surface area (Å²) in [5, 5.41) is 5.71. The summed E-state index contributed by atoms with van der Waals surface area (Å²) in [4.78, 5) is 24.7. The number of nitrogens with zero attached hydrogens (tertiary/aromatic N) is 1. The van der Waals surface area contributed by atoms with Crippen LogP contribution in [0.1, 0.15) is 27.7 Å². The molecule has 0 aliphatic rings. The molecule has 5 heteroatoms. The van der Waals surface area contributed by atoms with Gasteiger partial charge in [-0.25, -0.2) is 0 Å². The summed E-state index contributed by atoms with van der Waals surface area (Å²) in [6.45, 7) is 9.27. The number of rotatable bonds is 7. The van der Waals surface area contributed by atoms with Gasteiger partial charge in [0, 0.05) is 20.1 Å². The minimum absolute atomic E-state index is 0.00385. The second kappa shape index (κ2) is 8.06. The highest BCUT2D eigenvalue weighted by atomic mass is 16.2. The van der Waals surface area contributed by atoms with Gasteiger partial charge in [-0.3, -0.25) is 14.9 Å². The average molecular weight is 243 g/mol. The van der Waals surface area contributed by atoms with Crippen molar-refractivity contribution in [2.24, 2.45) is 5.92 Å². The molecule has 2 amide bonds. The summed E-state index contributed by atoms with van der Waals surface area (Å²) in [5.74, 6) is 0.367. The molecular formula is C12H25N3O2. The van der Waals surface area contributed by atoms with Gasteiger partial charge >= 0.3 is 0 Å². The van der Waals surface area contributed by atoms with E-state index in [-0.39, 0.29) is 24.4 Å². The van der Waals surface area contributed by atoms with Gasteiger partial charge in [0.2, 0.25) is 11.8 Å². The maximum atomic E-state index is 11.7. The van der Waals surface area contributed by atoms with Crippen LogP contribution in [-0.4, -0.2) is 49.4 Å². The van der Waals surface area contributed by atoms with E-state index in [9.17, 15) is 9.59 Å². The molecule has 5 nitrogen and oxygen atoms in total. The first-order valence-corrected chi connectivity index (χ1v) is 6.13. The van der Waals surface area contributed by atoms with Crippen molar-refractivity contribution >= 4 is 11.8 Å². The fraction of sp³-hybridized carbons (Fsp3) is 0.833. The molecule has 1 atom stereocenters. The lowest BCUT2D eigenvalue weighted by Gasteiger charge is -2.20. The van der Waals surface area contributed by atoms with Crippen LogP contribution in [0.5, 0.6) is 0 Å². The van der Waals surface area contributed by atoms with Gasteiger partial charge in [-0.05, 0) is 19.8 Å². The van der Waals surface area contributed by atoms with Crippen LogP contribution in [0.4, 0.5) is 0 Å². The second-order valence-electron chi connectivity index (χ2n) is 4.65. The first kappa shape index (κ1) is 15.9. The fourth-order valence-corrected chi connectivity index (χ4v) is 1.20. The van der Waals surface area contributed by atoms with E-state index in [1.54, 1.807) is 18.9 Å². The minimum atomic E-state index is -0.329. The van der Waals surface area contributed by atoms with Gasteiger partial charge in [0.15, 0.2) is 0 Å². The van der Waals surface area contributed by atoms with Crippen LogP contribution in [0.2, 0.25) is 0 Å². The molecule has 0 fully saturated rings. The maximum absolute atomic E-state index is 11.7. The third kappa shape index (κ3) is 6.94. The van der Waals surface area contributed by atoms with Crippen LogP contribution in [0.3, 0.4) is 0 Å². The van der Waals surface area contributed by atoms with Crippen LogP contribution < -0.4 is 10.6 Å². The number of amides is 2. The van der Waals surface area contributed by atoms with Gasteiger partial charge in [-0.1, -0.05) is 13.8 Å². The van der Waals surface area contributed by atoms with E-state index in [0.29, 0.717) is 19.0 Å². The van der Waals surface area contributed by atoms with Crippen LogP contribution in [0, 0.1) is 5.92 Å². The summed E-state index contributed by atoms with van der Waals surface area (Å²) in [7, 11) is 1.75. The highest BCUT2D eigenvalue weighted by Crippen LogP contribution is 1.91. The van der Waals surface area contributed by atoms with Crippen molar-refractivity contribution in [2.45, 2.75) is 33.7 Å². The Balaban J connectivity index is 3.87. The largest absolute Gasteiger partial charge is 0.355 e. The highest BCUT2D eigenvalue weighted by Gasteiger charge is 2.16. The molecule has 17 heavy (non-hydrogen) atoms. The Labute approximate surface area is 104 Å². The van der Waals surface area contributed by atoms with Crippen molar-refractivity contribution in [3.05, 3.63) is 0 Å². The van der Waals surface area contributed by atoms with Crippen molar-refractivity contribution in [3.63, 3.8) is 0 Å². The van der Waals surface area contributed by atoms with Crippen LogP contribution >= 0.6 is 0 Å². The molecule has 0 aliphatic heterocycles.